The minimum Gasteiger partial charge on any atom is -0.378 e. The van der Waals surface area contributed by atoms with Crippen molar-refractivity contribution in [1.29, 1.82) is 0 Å². The molecule has 1 fully saturated rings. The summed E-state index contributed by atoms with van der Waals surface area (Å²) in [5, 5.41) is 6.17. The molecule has 0 saturated carbocycles. The zero-order chi connectivity index (χ0) is 23.8. The number of halogens is 2. The molecule has 0 spiro atoms. The van der Waals surface area contributed by atoms with Crippen LogP contribution in [-0.4, -0.2) is 53.5 Å². The summed E-state index contributed by atoms with van der Waals surface area (Å²) in [6.45, 7) is 9.05. The number of pyridine rings is 1. The van der Waals surface area contributed by atoms with Gasteiger partial charge in [-0.15, -0.1) is 0 Å². The van der Waals surface area contributed by atoms with Crippen molar-refractivity contribution >= 4 is 28.8 Å². The van der Waals surface area contributed by atoms with Crippen LogP contribution < -0.4 is 20.4 Å². The highest BCUT2D eigenvalue weighted by Crippen LogP contribution is 2.41. The van der Waals surface area contributed by atoms with Crippen molar-refractivity contribution in [2.24, 2.45) is 0 Å². The lowest BCUT2D eigenvalue weighted by Crippen LogP contribution is -2.38. The van der Waals surface area contributed by atoms with E-state index in [1.165, 1.54) is 6.07 Å². The minimum atomic E-state index is -0.629. The number of morpholine rings is 1. The molecule has 178 valence electrons. The summed E-state index contributed by atoms with van der Waals surface area (Å²) in [5.74, 6) is -0.374. The van der Waals surface area contributed by atoms with Crippen LogP contribution in [0.3, 0.4) is 0 Å². The van der Waals surface area contributed by atoms with Crippen LogP contribution in [0.4, 0.5) is 37.6 Å². The molecule has 0 radical (unpaired) electrons. The van der Waals surface area contributed by atoms with Gasteiger partial charge in [0.15, 0.2) is 5.82 Å². The Morgan fingerprint density at radius 1 is 1.09 bits per heavy atom. The second-order valence-electron chi connectivity index (χ2n) is 8.69. The van der Waals surface area contributed by atoms with Gasteiger partial charge >= 0.3 is 0 Å². The fourth-order valence-corrected chi connectivity index (χ4v) is 4.50. The van der Waals surface area contributed by atoms with Gasteiger partial charge < -0.3 is 25.2 Å². The summed E-state index contributed by atoms with van der Waals surface area (Å²) in [7, 11) is 0. The summed E-state index contributed by atoms with van der Waals surface area (Å²) in [4.78, 5) is 17.1. The average molecular weight is 468 g/mol. The quantitative estimate of drug-likeness (QED) is 0.572. The highest BCUT2D eigenvalue weighted by Gasteiger charge is 2.31. The largest absolute Gasteiger partial charge is 0.378 e. The van der Waals surface area contributed by atoms with Crippen molar-refractivity contribution < 1.29 is 13.5 Å². The summed E-state index contributed by atoms with van der Waals surface area (Å²) in [5.41, 5.74) is 2.47. The Hall–Kier alpha value is -3.53. The van der Waals surface area contributed by atoms with Crippen molar-refractivity contribution in [3.8, 4) is 11.3 Å². The number of anilines is 5. The molecule has 0 aliphatic carbocycles. The first-order chi connectivity index (χ1) is 16.4. The number of benzene rings is 1. The first-order valence-electron chi connectivity index (χ1n) is 11.4. The number of hydrogen-bond donors (Lipinski definition) is 2. The summed E-state index contributed by atoms with van der Waals surface area (Å²) in [6.07, 6.45) is 2.78. The van der Waals surface area contributed by atoms with Crippen LogP contribution in [0.2, 0.25) is 0 Å². The van der Waals surface area contributed by atoms with E-state index in [2.05, 4.69) is 35.4 Å². The Labute approximate surface area is 197 Å². The predicted molar refractivity (Wildman–Crippen MR) is 129 cm³/mol. The fraction of sp³-hybridized carbons (Fsp3) is 0.375. The van der Waals surface area contributed by atoms with Gasteiger partial charge in [-0.2, -0.15) is 0 Å². The Bertz CT molecular complexity index is 1180. The predicted octanol–water partition coefficient (Wildman–Crippen LogP) is 4.38. The van der Waals surface area contributed by atoms with E-state index in [4.69, 9.17) is 4.74 Å². The monoisotopic (exact) mass is 467 g/mol. The van der Waals surface area contributed by atoms with Crippen LogP contribution in [0.25, 0.3) is 11.3 Å². The van der Waals surface area contributed by atoms with Gasteiger partial charge in [-0.3, -0.25) is 0 Å². The number of hydrogen-bond acceptors (Lipinski definition) is 8. The zero-order valence-corrected chi connectivity index (χ0v) is 19.3. The third-order valence-corrected chi connectivity index (χ3v) is 6.06. The van der Waals surface area contributed by atoms with Gasteiger partial charge in [-0.05, 0) is 45.0 Å². The normalized spacial score (nSPS) is 17.6. The van der Waals surface area contributed by atoms with Gasteiger partial charge in [0.05, 0.1) is 48.8 Å². The van der Waals surface area contributed by atoms with E-state index in [0.717, 1.165) is 25.0 Å². The molecule has 2 N–H and O–H groups in total. The maximum atomic E-state index is 14.9. The zero-order valence-electron chi connectivity index (χ0n) is 19.3. The van der Waals surface area contributed by atoms with Gasteiger partial charge in [-0.1, -0.05) is 0 Å². The molecule has 1 aromatic carbocycles. The van der Waals surface area contributed by atoms with Gasteiger partial charge in [0.1, 0.15) is 17.3 Å². The number of aromatic nitrogens is 3. The Morgan fingerprint density at radius 3 is 2.59 bits per heavy atom. The molecule has 34 heavy (non-hydrogen) atoms. The summed E-state index contributed by atoms with van der Waals surface area (Å²) >= 11 is 0. The average Bonchev–Trinajstić information content (AvgIpc) is 3.18. The standard InChI is InChI=1S/C24H27F2N7O/c1-14(2)33-15(3)29-23-18(25)10-16(11-20(23)33)22-19(26)13-28-24(31-22)30-21-5-4-17(12-27-21)32-6-8-34-9-7-32/h4-5,10-15,29H,6-9H2,1-3H3,(H,27,28,30,31). The van der Waals surface area contributed by atoms with Crippen LogP contribution in [0.5, 0.6) is 0 Å². The molecule has 5 rings (SSSR count). The van der Waals surface area contributed by atoms with Gasteiger partial charge in [0, 0.05) is 24.7 Å². The second kappa shape index (κ2) is 9.02. The Balaban J connectivity index is 1.41. The maximum Gasteiger partial charge on any atom is 0.229 e. The van der Waals surface area contributed by atoms with Crippen LogP contribution >= 0.6 is 0 Å². The van der Waals surface area contributed by atoms with E-state index in [9.17, 15) is 8.78 Å². The third-order valence-electron chi connectivity index (χ3n) is 6.06. The number of fused-ring (bicyclic) bond motifs is 1. The molecular weight excluding hydrogens is 440 g/mol. The molecule has 1 atom stereocenters. The first kappa shape index (κ1) is 22.3. The SMILES string of the molecule is CC(C)N1c2cc(-c3nc(Nc4ccc(N5CCOCC5)cn4)ncc3F)cc(F)c2NC1C. The van der Waals surface area contributed by atoms with Crippen molar-refractivity contribution in [3.05, 3.63) is 48.3 Å². The smallest absolute Gasteiger partial charge is 0.229 e. The summed E-state index contributed by atoms with van der Waals surface area (Å²) < 4.78 is 35.0. The molecule has 4 heterocycles. The number of rotatable bonds is 5. The molecule has 2 aliphatic rings. The fourth-order valence-electron chi connectivity index (χ4n) is 4.50. The first-order valence-corrected chi connectivity index (χ1v) is 11.4. The van der Waals surface area contributed by atoms with Crippen LogP contribution in [0.15, 0.2) is 36.7 Å². The van der Waals surface area contributed by atoms with Gasteiger partial charge in [0.25, 0.3) is 0 Å². The molecule has 1 saturated heterocycles. The molecule has 0 bridgehead atoms. The topological polar surface area (TPSA) is 78.4 Å². The molecule has 3 aromatic rings. The van der Waals surface area contributed by atoms with Crippen LogP contribution in [0, 0.1) is 11.6 Å². The Morgan fingerprint density at radius 2 is 1.88 bits per heavy atom. The summed E-state index contributed by atoms with van der Waals surface area (Å²) in [6, 6.07) is 6.97. The maximum absolute atomic E-state index is 14.9. The Kier molecular flexibility index (Phi) is 5.91. The van der Waals surface area contributed by atoms with Crippen molar-refractivity contribution in [1.82, 2.24) is 15.0 Å². The van der Waals surface area contributed by atoms with Crippen LogP contribution in [-0.2, 0) is 4.74 Å². The van der Waals surface area contributed by atoms with Gasteiger partial charge in [-0.25, -0.2) is 23.7 Å². The second-order valence-corrected chi connectivity index (χ2v) is 8.69. The van der Waals surface area contributed by atoms with E-state index in [-0.39, 0.29) is 23.8 Å². The van der Waals surface area contributed by atoms with Crippen LogP contribution in [0.1, 0.15) is 20.8 Å². The van der Waals surface area contributed by atoms with E-state index in [0.29, 0.717) is 36.0 Å². The third kappa shape index (κ3) is 4.21. The molecule has 1 unspecified atom stereocenters. The van der Waals surface area contributed by atoms with E-state index in [1.54, 1.807) is 12.3 Å². The minimum absolute atomic E-state index is 0.0207. The highest BCUT2D eigenvalue weighted by atomic mass is 19.1. The number of nitrogens with zero attached hydrogens (tertiary/aromatic N) is 5. The number of ether oxygens (including phenoxy) is 1. The lowest BCUT2D eigenvalue weighted by Gasteiger charge is -2.28. The van der Waals surface area contributed by atoms with Crippen molar-refractivity contribution in [2.75, 3.05) is 46.7 Å². The molecule has 0 amide bonds. The lowest BCUT2D eigenvalue weighted by molar-refractivity contribution is 0.122. The molecular formula is C24H27F2N7O. The highest BCUT2D eigenvalue weighted by molar-refractivity contribution is 5.82. The van der Waals surface area contributed by atoms with E-state index in [1.807, 2.05) is 32.9 Å². The molecule has 8 nitrogen and oxygen atoms in total. The molecule has 2 aliphatic heterocycles. The molecule has 2 aromatic heterocycles. The van der Waals surface area contributed by atoms with Crippen molar-refractivity contribution in [2.45, 2.75) is 33.0 Å². The lowest BCUT2D eigenvalue weighted by atomic mass is 10.1. The van der Waals surface area contributed by atoms with Crippen molar-refractivity contribution in [3.63, 3.8) is 0 Å². The van der Waals surface area contributed by atoms with Gasteiger partial charge in [0.2, 0.25) is 5.95 Å². The molecule has 10 heteroatoms. The van der Waals surface area contributed by atoms with E-state index >= 15 is 0 Å². The number of nitrogens with one attached hydrogen (secondary N) is 2. The van der Waals surface area contributed by atoms with E-state index < -0.39 is 11.6 Å².